The molecule has 5 aromatic rings. The van der Waals surface area contributed by atoms with E-state index < -0.39 is 0 Å². The maximum absolute atomic E-state index is 13.3. The van der Waals surface area contributed by atoms with Gasteiger partial charge in [-0.15, -0.1) is 0 Å². The minimum Gasteiger partial charge on any atom is -0.494 e. The molecule has 0 N–H and O–H groups in total. The third kappa shape index (κ3) is 7.07. The summed E-state index contributed by atoms with van der Waals surface area (Å²) >= 11 is 0. The number of hydrogen-bond donors (Lipinski definition) is 0. The average molecular weight is 669 g/mol. The zero-order chi connectivity index (χ0) is 35.2. The molecular formula is C44H48N2O4. The number of hydrogen-bond acceptors (Lipinski definition) is 6. The topological polar surface area (TPSA) is 51.2 Å². The van der Waals surface area contributed by atoms with Gasteiger partial charge in [0.1, 0.15) is 17.2 Å². The Morgan fingerprint density at radius 3 is 1.84 bits per heavy atom. The number of rotatable bonds is 13. The number of unbranched alkanes of at least 4 members (excludes halogenated alkanes) is 2. The van der Waals surface area contributed by atoms with Crippen LogP contribution in [-0.2, 0) is 4.74 Å². The van der Waals surface area contributed by atoms with Gasteiger partial charge in [-0.05, 0) is 74.7 Å². The van der Waals surface area contributed by atoms with E-state index in [-0.39, 0.29) is 11.9 Å². The van der Waals surface area contributed by atoms with E-state index in [1.807, 2.05) is 30.3 Å². The molecule has 6 heteroatoms. The van der Waals surface area contributed by atoms with Crippen LogP contribution in [0.4, 0.5) is 22.7 Å². The molecule has 1 unspecified atom stereocenters. The molecule has 258 valence electrons. The Morgan fingerprint density at radius 2 is 1.26 bits per heavy atom. The Morgan fingerprint density at radius 1 is 0.680 bits per heavy atom. The van der Waals surface area contributed by atoms with E-state index in [0.29, 0.717) is 17.1 Å². The summed E-state index contributed by atoms with van der Waals surface area (Å²) in [6.07, 6.45) is 4.51. The van der Waals surface area contributed by atoms with Crippen LogP contribution in [0.15, 0.2) is 103 Å². The van der Waals surface area contributed by atoms with Gasteiger partial charge in [0.25, 0.3) is 0 Å². The number of carbonyl (C=O) groups excluding carboxylic acids is 1. The van der Waals surface area contributed by atoms with Crippen LogP contribution in [-0.4, -0.2) is 33.3 Å². The molecule has 1 aliphatic rings. The molecule has 0 fully saturated rings. The first-order valence-electron chi connectivity index (χ1n) is 17.8. The minimum atomic E-state index is -0.369. The third-order valence-corrected chi connectivity index (χ3v) is 9.58. The number of ether oxygens (including phenoxy) is 3. The van der Waals surface area contributed by atoms with Crippen LogP contribution in [0.3, 0.4) is 0 Å². The molecule has 0 aromatic heterocycles. The predicted molar refractivity (Wildman–Crippen MR) is 204 cm³/mol. The van der Waals surface area contributed by atoms with Gasteiger partial charge >= 0.3 is 5.97 Å². The van der Waals surface area contributed by atoms with E-state index in [4.69, 9.17) is 14.2 Å². The number of aryl methyl sites for hydroxylation is 2. The van der Waals surface area contributed by atoms with Crippen molar-refractivity contribution in [1.29, 1.82) is 0 Å². The lowest BCUT2D eigenvalue weighted by molar-refractivity contribution is 0.0599. The minimum absolute atomic E-state index is 0.305. The lowest BCUT2D eigenvalue weighted by atomic mass is 9.80. The highest BCUT2D eigenvalue weighted by Gasteiger charge is 2.34. The lowest BCUT2D eigenvalue weighted by Crippen LogP contribution is -2.26. The fraction of sp³-hybridized carbons (Fsp3) is 0.295. The zero-order valence-corrected chi connectivity index (χ0v) is 30.2. The fourth-order valence-corrected chi connectivity index (χ4v) is 6.81. The molecule has 6 rings (SSSR count). The van der Waals surface area contributed by atoms with Gasteiger partial charge in [0.2, 0.25) is 0 Å². The van der Waals surface area contributed by atoms with Gasteiger partial charge in [0, 0.05) is 59.3 Å². The standard InChI is InChI=1S/C44H48N2O4/c1-7-9-25-45(26-10-8-2)34-23-24-37-40(27-34)50-41-29-42(48-5)39(28-38(41)43(37)35-13-11-12-14-36(35)44(47)49-6)46(32-19-15-30(3)16-20-32)33-21-17-31(4)18-22-33/h11-24,27-29,43H,7-10,25-26H2,1-6H3. The Balaban J connectivity index is 1.57. The van der Waals surface area contributed by atoms with Crippen molar-refractivity contribution in [2.75, 3.05) is 37.1 Å². The molecule has 1 atom stereocenters. The van der Waals surface area contributed by atoms with E-state index in [1.165, 1.54) is 18.2 Å². The zero-order valence-electron chi connectivity index (χ0n) is 30.2. The summed E-state index contributed by atoms with van der Waals surface area (Å²) in [6.45, 7) is 10.6. The van der Waals surface area contributed by atoms with Crippen molar-refractivity contribution in [2.24, 2.45) is 0 Å². The maximum Gasteiger partial charge on any atom is 0.338 e. The Labute approximate surface area is 297 Å². The van der Waals surface area contributed by atoms with Crippen molar-refractivity contribution in [3.63, 3.8) is 0 Å². The van der Waals surface area contributed by atoms with Gasteiger partial charge in [-0.2, -0.15) is 0 Å². The molecule has 6 nitrogen and oxygen atoms in total. The second-order valence-electron chi connectivity index (χ2n) is 13.1. The largest absolute Gasteiger partial charge is 0.494 e. The number of anilines is 4. The van der Waals surface area contributed by atoms with Crippen molar-refractivity contribution in [2.45, 2.75) is 59.3 Å². The molecule has 1 aliphatic heterocycles. The second-order valence-corrected chi connectivity index (χ2v) is 13.1. The predicted octanol–water partition coefficient (Wildman–Crippen LogP) is 11.3. The molecule has 0 saturated carbocycles. The van der Waals surface area contributed by atoms with Crippen LogP contribution in [0.1, 0.15) is 83.6 Å². The highest BCUT2D eigenvalue weighted by Crippen LogP contribution is 2.53. The number of esters is 1. The van der Waals surface area contributed by atoms with Gasteiger partial charge in [-0.25, -0.2) is 4.79 Å². The Kier molecular flexibility index (Phi) is 10.8. The molecule has 1 heterocycles. The number of fused-ring (bicyclic) bond motifs is 2. The Bertz CT molecular complexity index is 1880. The quantitative estimate of drug-likeness (QED) is 0.114. The molecule has 0 amide bonds. The second kappa shape index (κ2) is 15.5. The summed E-state index contributed by atoms with van der Waals surface area (Å²) in [7, 11) is 3.13. The first kappa shape index (κ1) is 34.6. The Hall–Kier alpha value is -5.23. The number of benzene rings is 5. The highest BCUT2D eigenvalue weighted by atomic mass is 16.5. The molecule has 50 heavy (non-hydrogen) atoms. The average Bonchev–Trinajstić information content (AvgIpc) is 3.14. The normalized spacial score (nSPS) is 13.1. The van der Waals surface area contributed by atoms with Crippen molar-refractivity contribution in [3.8, 4) is 17.2 Å². The van der Waals surface area contributed by atoms with Crippen LogP contribution in [0.25, 0.3) is 0 Å². The summed E-state index contributed by atoms with van der Waals surface area (Å²) < 4.78 is 18.3. The van der Waals surface area contributed by atoms with Crippen LogP contribution in [0.5, 0.6) is 17.2 Å². The number of carbonyl (C=O) groups is 1. The van der Waals surface area contributed by atoms with Gasteiger partial charge < -0.3 is 24.0 Å². The monoisotopic (exact) mass is 668 g/mol. The summed E-state index contributed by atoms with van der Waals surface area (Å²) in [5, 5.41) is 0. The lowest BCUT2D eigenvalue weighted by Gasteiger charge is -2.34. The van der Waals surface area contributed by atoms with E-state index >= 15 is 0 Å². The molecule has 0 saturated heterocycles. The van der Waals surface area contributed by atoms with Gasteiger partial charge in [0.05, 0.1) is 25.5 Å². The van der Waals surface area contributed by atoms with Crippen LogP contribution in [0.2, 0.25) is 0 Å². The SMILES string of the molecule is CCCCN(CCCC)c1ccc2c(c1)Oc1cc(OC)c(N(c3ccc(C)cc3)c3ccc(C)cc3)cc1C2c1ccccc1C(=O)OC. The maximum atomic E-state index is 13.3. The fourth-order valence-electron chi connectivity index (χ4n) is 6.81. The van der Waals surface area contributed by atoms with Crippen molar-refractivity contribution >= 4 is 28.7 Å². The van der Waals surface area contributed by atoms with Crippen molar-refractivity contribution < 1.29 is 19.0 Å². The van der Waals surface area contributed by atoms with Gasteiger partial charge in [-0.1, -0.05) is 86.3 Å². The molecule has 0 spiro atoms. The first-order chi connectivity index (χ1) is 24.4. The molecule has 5 aromatic carbocycles. The first-order valence-corrected chi connectivity index (χ1v) is 17.8. The van der Waals surface area contributed by atoms with Crippen LogP contribution < -0.4 is 19.3 Å². The van der Waals surface area contributed by atoms with Gasteiger partial charge in [-0.3, -0.25) is 0 Å². The van der Waals surface area contributed by atoms with E-state index in [2.05, 4.69) is 110 Å². The van der Waals surface area contributed by atoms with Crippen molar-refractivity contribution in [1.82, 2.24) is 0 Å². The summed E-state index contributed by atoms with van der Waals surface area (Å²) in [5.74, 6) is 1.48. The summed E-state index contributed by atoms with van der Waals surface area (Å²) in [6, 6.07) is 35.5. The van der Waals surface area contributed by atoms with Crippen LogP contribution in [0, 0.1) is 13.8 Å². The number of methoxy groups -OCH3 is 2. The summed E-state index contributed by atoms with van der Waals surface area (Å²) in [5.41, 5.74) is 9.71. The molecule has 0 aliphatic carbocycles. The summed E-state index contributed by atoms with van der Waals surface area (Å²) in [4.78, 5) is 17.9. The molecule has 0 radical (unpaired) electrons. The smallest absolute Gasteiger partial charge is 0.338 e. The van der Waals surface area contributed by atoms with E-state index in [1.54, 1.807) is 7.11 Å². The van der Waals surface area contributed by atoms with Crippen LogP contribution >= 0.6 is 0 Å². The van der Waals surface area contributed by atoms with Crippen molar-refractivity contribution in [3.05, 3.63) is 137 Å². The number of nitrogens with zero attached hydrogens (tertiary/aromatic N) is 2. The third-order valence-electron chi connectivity index (χ3n) is 9.58. The van der Waals surface area contributed by atoms with Gasteiger partial charge in [0.15, 0.2) is 0 Å². The molecular weight excluding hydrogens is 620 g/mol. The van der Waals surface area contributed by atoms with E-state index in [0.717, 1.165) is 84.0 Å². The highest BCUT2D eigenvalue weighted by molar-refractivity contribution is 5.92. The molecule has 0 bridgehead atoms. The van der Waals surface area contributed by atoms with E-state index in [9.17, 15) is 4.79 Å².